The van der Waals surface area contributed by atoms with Crippen LogP contribution in [0.5, 0.6) is 0 Å². The smallest absolute Gasteiger partial charge is 0.0434 e. The lowest BCUT2D eigenvalue weighted by atomic mass is 10.0. The number of hydrogen-bond donors (Lipinski definition) is 3. The molecule has 1 unspecified atom stereocenters. The summed E-state index contributed by atoms with van der Waals surface area (Å²) >= 11 is 0. The van der Waals surface area contributed by atoms with Gasteiger partial charge in [-0.05, 0) is 30.5 Å². The van der Waals surface area contributed by atoms with Gasteiger partial charge < -0.3 is 16.2 Å². The van der Waals surface area contributed by atoms with Crippen molar-refractivity contribution in [1.82, 2.24) is 4.98 Å². The topological polar surface area (TPSA) is 71.2 Å². The van der Waals surface area contributed by atoms with Crippen LogP contribution in [-0.2, 0) is 0 Å². The molecule has 19 heavy (non-hydrogen) atoms. The maximum atomic E-state index is 9.02. The Morgan fingerprint density at radius 1 is 1.32 bits per heavy atom. The average Bonchev–Trinajstić information content (AvgIpc) is 2.45. The fourth-order valence-electron chi connectivity index (χ4n) is 2.25. The second-order valence-electron chi connectivity index (χ2n) is 4.79. The van der Waals surface area contributed by atoms with Crippen molar-refractivity contribution >= 4 is 22.1 Å². The van der Waals surface area contributed by atoms with Crippen molar-refractivity contribution in [3.63, 3.8) is 0 Å². The second-order valence-corrected chi connectivity index (χ2v) is 4.79. The lowest BCUT2D eigenvalue weighted by Gasteiger charge is -2.17. The van der Waals surface area contributed by atoms with Crippen LogP contribution < -0.4 is 11.1 Å². The Morgan fingerprint density at radius 2 is 2.16 bits per heavy atom. The Labute approximate surface area is 113 Å². The van der Waals surface area contributed by atoms with E-state index in [0.717, 1.165) is 41.5 Å². The molecule has 1 aromatic heterocycles. The third-order valence-electron chi connectivity index (χ3n) is 3.55. The van der Waals surface area contributed by atoms with Crippen LogP contribution in [0.4, 0.5) is 11.4 Å². The number of fused-ring (bicyclic) bond motifs is 1. The molecule has 1 heterocycles. The van der Waals surface area contributed by atoms with Gasteiger partial charge in [0.2, 0.25) is 0 Å². The molecular formula is C15H21N3O. The van der Waals surface area contributed by atoms with Gasteiger partial charge in [0.1, 0.15) is 0 Å². The molecule has 2 aromatic rings. The van der Waals surface area contributed by atoms with E-state index in [-0.39, 0.29) is 6.61 Å². The summed E-state index contributed by atoms with van der Waals surface area (Å²) in [5.41, 5.74) is 7.77. The Bertz CT molecular complexity index is 542. The normalized spacial score (nSPS) is 12.5. The quantitative estimate of drug-likeness (QED) is 0.697. The van der Waals surface area contributed by atoms with Crippen LogP contribution in [0.3, 0.4) is 0 Å². The molecule has 0 aliphatic rings. The zero-order valence-corrected chi connectivity index (χ0v) is 11.3. The van der Waals surface area contributed by atoms with E-state index in [2.05, 4.69) is 17.2 Å². The average molecular weight is 259 g/mol. The predicted molar refractivity (Wildman–Crippen MR) is 80.1 cm³/mol. The fourth-order valence-corrected chi connectivity index (χ4v) is 2.25. The van der Waals surface area contributed by atoms with Gasteiger partial charge in [0, 0.05) is 47.7 Å². The molecule has 0 fully saturated rings. The monoisotopic (exact) mass is 259 g/mol. The first-order valence-electron chi connectivity index (χ1n) is 6.73. The number of nitrogen functional groups attached to an aromatic ring is 1. The minimum absolute atomic E-state index is 0.243. The molecule has 0 saturated heterocycles. The molecule has 0 aliphatic heterocycles. The second kappa shape index (κ2) is 6.38. The van der Waals surface area contributed by atoms with Gasteiger partial charge in [-0.1, -0.05) is 13.3 Å². The summed E-state index contributed by atoms with van der Waals surface area (Å²) in [6.07, 6.45) is 5.46. The largest absolute Gasteiger partial charge is 0.398 e. The molecule has 0 bridgehead atoms. The van der Waals surface area contributed by atoms with Gasteiger partial charge >= 0.3 is 0 Å². The molecule has 4 nitrogen and oxygen atoms in total. The standard InChI is InChI=1S/C15H21N3O/c1-2-11(6-8-19)9-18-15-4-3-14(16)13-10-17-7-5-12(13)15/h3-5,7,10-11,18-19H,2,6,8-9,16H2,1H3. The minimum atomic E-state index is 0.243. The van der Waals surface area contributed by atoms with E-state index in [1.54, 1.807) is 12.4 Å². The van der Waals surface area contributed by atoms with Crippen molar-refractivity contribution in [2.45, 2.75) is 19.8 Å². The van der Waals surface area contributed by atoms with E-state index in [9.17, 15) is 0 Å². The number of rotatable bonds is 6. The number of benzene rings is 1. The molecule has 1 aromatic carbocycles. The van der Waals surface area contributed by atoms with Gasteiger partial charge in [0.05, 0.1) is 0 Å². The molecule has 1 atom stereocenters. The number of nitrogens with zero attached hydrogens (tertiary/aromatic N) is 1. The SMILES string of the molecule is CCC(CCO)CNc1ccc(N)c2cnccc12. The summed E-state index contributed by atoms with van der Waals surface area (Å²) in [5.74, 6) is 0.486. The van der Waals surface area contributed by atoms with Gasteiger partial charge in [-0.25, -0.2) is 0 Å². The predicted octanol–water partition coefficient (Wildman–Crippen LogP) is 2.64. The van der Waals surface area contributed by atoms with Crippen molar-refractivity contribution in [1.29, 1.82) is 0 Å². The summed E-state index contributed by atoms with van der Waals surface area (Å²) in [6, 6.07) is 5.88. The Morgan fingerprint density at radius 3 is 2.89 bits per heavy atom. The summed E-state index contributed by atoms with van der Waals surface area (Å²) in [4.78, 5) is 4.11. The van der Waals surface area contributed by atoms with E-state index in [1.807, 2.05) is 18.2 Å². The van der Waals surface area contributed by atoms with Crippen molar-refractivity contribution in [2.75, 3.05) is 24.2 Å². The fraction of sp³-hybridized carbons (Fsp3) is 0.400. The molecule has 0 spiro atoms. The van der Waals surface area contributed by atoms with E-state index in [4.69, 9.17) is 10.8 Å². The molecule has 2 rings (SSSR count). The number of nitrogens with two attached hydrogens (primary N) is 1. The zero-order chi connectivity index (χ0) is 13.7. The first kappa shape index (κ1) is 13.6. The Balaban J connectivity index is 2.19. The van der Waals surface area contributed by atoms with Crippen LogP contribution in [0, 0.1) is 5.92 Å². The number of aliphatic hydroxyl groups excluding tert-OH is 1. The summed E-state index contributed by atoms with van der Waals surface area (Å²) in [5, 5.41) is 14.5. The maximum Gasteiger partial charge on any atom is 0.0434 e. The number of anilines is 2. The summed E-state index contributed by atoms with van der Waals surface area (Å²) in [6.45, 7) is 3.25. The molecule has 4 N–H and O–H groups in total. The molecular weight excluding hydrogens is 238 g/mol. The van der Waals surface area contributed by atoms with E-state index < -0.39 is 0 Å². The lowest BCUT2D eigenvalue weighted by Crippen LogP contribution is -2.15. The summed E-state index contributed by atoms with van der Waals surface area (Å²) in [7, 11) is 0. The maximum absolute atomic E-state index is 9.02. The Hall–Kier alpha value is -1.81. The van der Waals surface area contributed by atoms with Crippen LogP contribution in [-0.4, -0.2) is 23.2 Å². The molecule has 0 saturated carbocycles. The van der Waals surface area contributed by atoms with Gasteiger partial charge in [0.25, 0.3) is 0 Å². The molecule has 4 heteroatoms. The number of hydrogen-bond acceptors (Lipinski definition) is 4. The molecule has 0 radical (unpaired) electrons. The van der Waals surface area contributed by atoms with Crippen molar-refractivity contribution in [3.05, 3.63) is 30.6 Å². The van der Waals surface area contributed by atoms with Crippen LogP contribution in [0.25, 0.3) is 10.8 Å². The van der Waals surface area contributed by atoms with Gasteiger partial charge in [-0.3, -0.25) is 4.98 Å². The van der Waals surface area contributed by atoms with Crippen molar-refractivity contribution < 1.29 is 5.11 Å². The number of nitrogens with one attached hydrogen (secondary N) is 1. The number of pyridine rings is 1. The molecule has 0 amide bonds. The van der Waals surface area contributed by atoms with Crippen LogP contribution in [0.15, 0.2) is 30.6 Å². The first-order valence-corrected chi connectivity index (χ1v) is 6.73. The van der Waals surface area contributed by atoms with E-state index >= 15 is 0 Å². The summed E-state index contributed by atoms with van der Waals surface area (Å²) < 4.78 is 0. The number of aliphatic hydroxyl groups is 1. The first-order chi connectivity index (χ1) is 9.26. The van der Waals surface area contributed by atoms with Gasteiger partial charge in [-0.15, -0.1) is 0 Å². The highest BCUT2D eigenvalue weighted by Crippen LogP contribution is 2.27. The zero-order valence-electron chi connectivity index (χ0n) is 11.3. The van der Waals surface area contributed by atoms with Crippen LogP contribution in [0.2, 0.25) is 0 Å². The van der Waals surface area contributed by atoms with Crippen LogP contribution >= 0.6 is 0 Å². The van der Waals surface area contributed by atoms with E-state index in [0.29, 0.717) is 5.92 Å². The molecule has 102 valence electrons. The third kappa shape index (κ3) is 3.15. The number of aromatic nitrogens is 1. The van der Waals surface area contributed by atoms with Gasteiger partial charge in [0.15, 0.2) is 0 Å². The Kier molecular flexibility index (Phi) is 4.58. The van der Waals surface area contributed by atoms with Crippen molar-refractivity contribution in [3.8, 4) is 0 Å². The van der Waals surface area contributed by atoms with Crippen LogP contribution in [0.1, 0.15) is 19.8 Å². The highest BCUT2D eigenvalue weighted by Gasteiger charge is 2.08. The third-order valence-corrected chi connectivity index (χ3v) is 3.55. The van der Waals surface area contributed by atoms with Crippen molar-refractivity contribution in [2.24, 2.45) is 5.92 Å². The highest BCUT2D eigenvalue weighted by molar-refractivity contribution is 6.00. The molecule has 0 aliphatic carbocycles. The minimum Gasteiger partial charge on any atom is -0.398 e. The van der Waals surface area contributed by atoms with E-state index in [1.165, 1.54) is 0 Å². The van der Waals surface area contributed by atoms with Gasteiger partial charge in [-0.2, -0.15) is 0 Å². The lowest BCUT2D eigenvalue weighted by molar-refractivity contribution is 0.258. The highest BCUT2D eigenvalue weighted by atomic mass is 16.3.